The summed E-state index contributed by atoms with van der Waals surface area (Å²) in [5.41, 5.74) is -0.768. The van der Waals surface area contributed by atoms with Gasteiger partial charge in [0.15, 0.2) is 5.60 Å². The normalized spacial score (nSPS) is 16.0. The zero-order chi connectivity index (χ0) is 18.9. The van der Waals surface area contributed by atoms with Crippen LogP contribution in [0, 0.1) is 11.6 Å². The molecule has 1 saturated heterocycles. The van der Waals surface area contributed by atoms with Crippen LogP contribution in [0.25, 0.3) is 0 Å². The van der Waals surface area contributed by atoms with Crippen LogP contribution in [-0.4, -0.2) is 29.7 Å². The van der Waals surface area contributed by atoms with E-state index in [1.807, 2.05) is 0 Å². The first-order chi connectivity index (χ1) is 12.2. The van der Waals surface area contributed by atoms with Crippen molar-refractivity contribution >= 4 is 6.09 Å². The highest BCUT2D eigenvalue weighted by atomic mass is 19.1. The Hall–Kier alpha value is -2.63. The number of carbonyl (C=O) groups is 1. The fraction of sp³-hybridized carbons (Fsp3) is 0.350. The largest absolute Gasteiger partial charge is 0.479 e. The molecular weight excluding hydrogens is 340 g/mol. The highest BCUT2D eigenvalue weighted by Gasteiger charge is 2.50. The van der Waals surface area contributed by atoms with Crippen molar-refractivity contribution in [3.8, 4) is 5.75 Å². The maximum atomic E-state index is 13.5. The highest BCUT2D eigenvalue weighted by Crippen LogP contribution is 2.38. The van der Waals surface area contributed by atoms with Crippen LogP contribution in [0.15, 0.2) is 48.5 Å². The predicted molar refractivity (Wildman–Crippen MR) is 92.9 cm³/mol. The summed E-state index contributed by atoms with van der Waals surface area (Å²) >= 11 is 0. The molecule has 0 aliphatic carbocycles. The van der Waals surface area contributed by atoms with E-state index in [-0.39, 0.29) is 18.9 Å². The first-order valence-electron chi connectivity index (χ1n) is 8.35. The van der Waals surface area contributed by atoms with Crippen LogP contribution in [0.4, 0.5) is 13.6 Å². The average Bonchev–Trinajstić information content (AvgIpc) is 2.49. The third kappa shape index (κ3) is 3.95. The number of nitrogens with zero attached hydrogens (tertiary/aromatic N) is 1. The Morgan fingerprint density at radius 2 is 1.69 bits per heavy atom. The Labute approximate surface area is 151 Å². The molecular formula is C20H21F2NO3. The molecule has 26 heavy (non-hydrogen) atoms. The van der Waals surface area contributed by atoms with E-state index < -0.39 is 23.1 Å². The van der Waals surface area contributed by atoms with Crippen molar-refractivity contribution in [3.63, 3.8) is 0 Å². The lowest BCUT2D eigenvalue weighted by Crippen LogP contribution is -2.64. The quantitative estimate of drug-likeness (QED) is 0.809. The summed E-state index contributed by atoms with van der Waals surface area (Å²) in [5.74, 6) is -0.434. The zero-order valence-corrected chi connectivity index (χ0v) is 15.0. The molecule has 2 aromatic rings. The lowest BCUT2D eigenvalue weighted by molar-refractivity contribution is -0.0864. The molecule has 2 aromatic carbocycles. The van der Waals surface area contributed by atoms with Crippen LogP contribution < -0.4 is 4.74 Å². The van der Waals surface area contributed by atoms with Gasteiger partial charge in [0.25, 0.3) is 0 Å². The predicted octanol–water partition coefficient (Wildman–Crippen LogP) is 4.49. The number of halogens is 2. The first kappa shape index (κ1) is 18.2. The fourth-order valence-corrected chi connectivity index (χ4v) is 2.84. The van der Waals surface area contributed by atoms with Crippen molar-refractivity contribution in [2.75, 3.05) is 13.1 Å². The van der Waals surface area contributed by atoms with E-state index in [1.165, 1.54) is 29.2 Å². The maximum absolute atomic E-state index is 13.5. The number of benzene rings is 2. The molecule has 1 fully saturated rings. The summed E-state index contributed by atoms with van der Waals surface area (Å²) in [4.78, 5) is 13.8. The minimum atomic E-state index is -0.877. The van der Waals surface area contributed by atoms with Gasteiger partial charge in [0.1, 0.15) is 23.0 Å². The standard InChI is InChI=1S/C20H21F2NO3/c1-19(2,3)26-18(24)23-12-20(13-23,14-7-9-15(21)10-8-14)25-17-6-4-5-16(22)11-17/h4-11H,12-13H2,1-3H3. The monoisotopic (exact) mass is 361 g/mol. The number of ether oxygens (including phenoxy) is 2. The van der Waals surface area contributed by atoms with Gasteiger partial charge in [0.05, 0.1) is 13.1 Å². The van der Waals surface area contributed by atoms with Gasteiger partial charge in [-0.15, -0.1) is 0 Å². The van der Waals surface area contributed by atoms with Crippen molar-refractivity contribution in [1.29, 1.82) is 0 Å². The lowest BCUT2D eigenvalue weighted by atomic mass is 9.86. The second-order valence-electron chi connectivity index (χ2n) is 7.40. The van der Waals surface area contributed by atoms with E-state index >= 15 is 0 Å². The molecule has 4 nitrogen and oxygen atoms in total. The summed E-state index contributed by atoms with van der Waals surface area (Å²) < 4.78 is 38.2. The second-order valence-corrected chi connectivity index (χ2v) is 7.40. The minimum Gasteiger partial charge on any atom is -0.479 e. The van der Waals surface area contributed by atoms with E-state index in [0.29, 0.717) is 11.3 Å². The summed E-state index contributed by atoms with van der Waals surface area (Å²) in [6, 6.07) is 11.7. The Morgan fingerprint density at radius 1 is 1.04 bits per heavy atom. The molecule has 3 rings (SSSR count). The van der Waals surface area contributed by atoms with Gasteiger partial charge in [-0.25, -0.2) is 13.6 Å². The van der Waals surface area contributed by atoms with Gasteiger partial charge in [-0.05, 0) is 50.6 Å². The molecule has 0 saturated carbocycles. The van der Waals surface area contributed by atoms with Crippen LogP contribution in [0.2, 0.25) is 0 Å². The van der Waals surface area contributed by atoms with Crippen molar-refractivity contribution in [1.82, 2.24) is 4.90 Å². The Morgan fingerprint density at radius 3 is 2.27 bits per heavy atom. The van der Waals surface area contributed by atoms with Crippen molar-refractivity contribution in [3.05, 3.63) is 65.7 Å². The van der Waals surface area contributed by atoms with Crippen molar-refractivity contribution < 1.29 is 23.0 Å². The third-order valence-corrected chi connectivity index (χ3v) is 4.02. The molecule has 0 atom stereocenters. The number of amides is 1. The fourth-order valence-electron chi connectivity index (χ4n) is 2.84. The van der Waals surface area contributed by atoms with Gasteiger partial charge < -0.3 is 9.47 Å². The highest BCUT2D eigenvalue weighted by molar-refractivity contribution is 5.70. The molecule has 0 spiro atoms. The molecule has 1 aliphatic heterocycles. The average molecular weight is 361 g/mol. The number of likely N-dealkylation sites (tertiary alicyclic amines) is 1. The van der Waals surface area contributed by atoms with E-state index in [1.54, 1.807) is 45.0 Å². The van der Waals surface area contributed by atoms with Gasteiger partial charge in [0.2, 0.25) is 0 Å². The lowest BCUT2D eigenvalue weighted by Gasteiger charge is -2.49. The summed E-state index contributed by atoms with van der Waals surface area (Å²) in [6.45, 7) is 5.83. The number of rotatable bonds is 3. The van der Waals surface area contributed by atoms with Gasteiger partial charge >= 0.3 is 6.09 Å². The van der Waals surface area contributed by atoms with Crippen LogP contribution in [0.5, 0.6) is 5.75 Å². The SMILES string of the molecule is CC(C)(C)OC(=O)N1CC(Oc2cccc(F)c2)(c2ccc(F)cc2)C1. The molecule has 138 valence electrons. The Balaban J connectivity index is 1.83. The minimum absolute atomic E-state index is 0.226. The maximum Gasteiger partial charge on any atom is 0.410 e. The smallest absolute Gasteiger partial charge is 0.410 e. The topological polar surface area (TPSA) is 38.8 Å². The molecule has 0 radical (unpaired) electrons. The van der Waals surface area contributed by atoms with Gasteiger partial charge in [-0.1, -0.05) is 18.2 Å². The number of hydrogen-bond acceptors (Lipinski definition) is 3. The van der Waals surface area contributed by atoms with E-state index in [2.05, 4.69) is 0 Å². The molecule has 0 N–H and O–H groups in total. The summed E-state index contributed by atoms with van der Waals surface area (Å²) in [7, 11) is 0. The summed E-state index contributed by atoms with van der Waals surface area (Å²) in [6.07, 6.45) is -0.446. The summed E-state index contributed by atoms with van der Waals surface area (Å²) in [5, 5.41) is 0. The zero-order valence-electron chi connectivity index (χ0n) is 15.0. The van der Waals surface area contributed by atoms with Gasteiger partial charge in [-0.3, -0.25) is 4.90 Å². The van der Waals surface area contributed by atoms with Crippen LogP contribution in [0.3, 0.4) is 0 Å². The second kappa shape index (κ2) is 6.59. The molecule has 1 heterocycles. The Kier molecular flexibility index (Phi) is 4.61. The molecule has 0 aromatic heterocycles. The van der Waals surface area contributed by atoms with Gasteiger partial charge in [-0.2, -0.15) is 0 Å². The molecule has 1 aliphatic rings. The van der Waals surface area contributed by atoms with Crippen LogP contribution in [0.1, 0.15) is 26.3 Å². The number of carbonyl (C=O) groups excluding carboxylic acids is 1. The molecule has 6 heteroatoms. The first-order valence-corrected chi connectivity index (χ1v) is 8.35. The molecule has 1 amide bonds. The van der Waals surface area contributed by atoms with Gasteiger partial charge in [0, 0.05) is 6.07 Å². The van der Waals surface area contributed by atoms with E-state index in [0.717, 1.165) is 0 Å². The van der Waals surface area contributed by atoms with Crippen molar-refractivity contribution in [2.45, 2.75) is 32.0 Å². The van der Waals surface area contributed by atoms with E-state index in [4.69, 9.17) is 9.47 Å². The van der Waals surface area contributed by atoms with Crippen LogP contribution >= 0.6 is 0 Å². The number of hydrogen-bond donors (Lipinski definition) is 0. The van der Waals surface area contributed by atoms with E-state index in [9.17, 15) is 13.6 Å². The van der Waals surface area contributed by atoms with Crippen LogP contribution in [-0.2, 0) is 10.3 Å². The van der Waals surface area contributed by atoms with Crippen molar-refractivity contribution in [2.24, 2.45) is 0 Å². The Bertz CT molecular complexity index is 793. The molecule has 0 unspecified atom stereocenters. The molecule has 0 bridgehead atoms. The third-order valence-electron chi connectivity index (χ3n) is 4.02.